The molecule has 0 spiro atoms. The van der Waals surface area contributed by atoms with Crippen molar-refractivity contribution in [3.8, 4) is 0 Å². The number of amides is 1. The number of carboxylic acid groups (broad SMARTS) is 1. The molecule has 1 aliphatic heterocycles. The Hall–Kier alpha value is -2.14. The molecule has 0 saturated heterocycles. The van der Waals surface area contributed by atoms with Gasteiger partial charge in [-0.1, -0.05) is 51.8 Å². The highest BCUT2D eigenvalue weighted by molar-refractivity contribution is 9.09. The number of carboxylic acids is 1. The lowest BCUT2D eigenvalue weighted by molar-refractivity contribution is -0.137. The van der Waals surface area contributed by atoms with Gasteiger partial charge in [-0.3, -0.25) is 18.8 Å². The number of hydrogen-bond acceptors (Lipinski definition) is 5. The smallest absolute Gasteiger partial charge is 0.304 e. The predicted octanol–water partition coefficient (Wildman–Crippen LogP) is 2.86. The van der Waals surface area contributed by atoms with Crippen LogP contribution >= 0.6 is 27.5 Å². The van der Waals surface area contributed by atoms with Crippen LogP contribution in [0.5, 0.6) is 0 Å². The predicted molar refractivity (Wildman–Crippen MR) is 126 cm³/mol. The number of fused-ring (bicyclic) bond motifs is 2. The van der Waals surface area contributed by atoms with E-state index < -0.39 is 22.0 Å². The van der Waals surface area contributed by atoms with E-state index in [9.17, 15) is 23.1 Å². The number of carbonyl (C=O) groups is 2. The third-order valence-electron chi connectivity index (χ3n) is 5.30. The van der Waals surface area contributed by atoms with Crippen molar-refractivity contribution in [2.45, 2.75) is 17.4 Å². The lowest BCUT2D eigenvalue weighted by Gasteiger charge is -2.33. The number of alkyl halides is 1. The molecule has 3 rings (SSSR count). The first-order valence-corrected chi connectivity index (χ1v) is 12.8. The maximum Gasteiger partial charge on any atom is 0.304 e. The minimum absolute atomic E-state index is 0.0681. The van der Waals surface area contributed by atoms with Gasteiger partial charge in [0.05, 0.1) is 28.4 Å². The van der Waals surface area contributed by atoms with Crippen LogP contribution in [0.25, 0.3) is 0 Å². The second-order valence-corrected chi connectivity index (χ2v) is 10.2. The van der Waals surface area contributed by atoms with Gasteiger partial charge in [0, 0.05) is 31.7 Å². The van der Waals surface area contributed by atoms with Crippen molar-refractivity contribution in [3.63, 3.8) is 0 Å². The quantitative estimate of drug-likeness (QED) is 0.495. The molecule has 0 aliphatic carbocycles. The molecular formula is C21H23BrClN3O5S. The summed E-state index contributed by atoms with van der Waals surface area (Å²) >= 11 is 9.25. The van der Waals surface area contributed by atoms with E-state index in [1.807, 2.05) is 17.0 Å². The van der Waals surface area contributed by atoms with Crippen molar-refractivity contribution in [3.05, 3.63) is 58.6 Å². The van der Waals surface area contributed by atoms with Crippen LogP contribution in [0.3, 0.4) is 0 Å². The van der Waals surface area contributed by atoms with E-state index in [0.29, 0.717) is 17.8 Å². The Morgan fingerprint density at radius 3 is 2.59 bits per heavy atom. The minimum atomic E-state index is -3.90. The number of aliphatic carboxylic acids is 1. The van der Waals surface area contributed by atoms with Crippen molar-refractivity contribution in [1.82, 2.24) is 10.2 Å². The highest BCUT2D eigenvalue weighted by Gasteiger charge is 2.37. The summed E-state index contributed by atoms with van der Waals surface area (Å²) in [5, 5.41) is 12.5. The molecule has 0 fully saturated rings. The van der Waals surface area contributed by atoms with Crippen molar-refractivity contribution in [2.24, 2.45) is 0 Å². The second-order valence-electron chi connectivity index (χ2n) is 7.28. The molecule has 1 unspecified atom stereocenters. The number of nitrogens with one attached hydrogen (secondary N) is 1. The van der Waals surface area contributed by atoms with Crippen LogP contribution in [0.4, 0.5) is 5.69 Å². The number of para-hydroxylation sites is 1. The summed E-state index contributed by atoms with van der Waals surface area (Å²) in [6.45, 7) is 0.745. The van der Waals surface area contributed by atoms with E-state index in [2.05, 4.69) is 21.2 Å². The maximum atomic E-state index is 13.4. The Labute approximate surface area is 200 Å². The average Bonchev–Trinajstić information content (AvgIpc) is 2.83. The van der Waals surface area contributed by atoms with Crippen molar-refractivity contribution in [1.29, 1.82) is 0 Å². The third-order valence-corrected chi connectivity index (χ3v) is 7.87. The van der Waals surface area contributed by atoms with Crippen LogP contribution in [-0.4, -0.2) is 62.3 Å². The molecule has 11 heteroatoms. The molecule has 1 heterocycles. The Bertz CT molecular complexity index is 1130. The summed E-state index contributed by atoms with van der Waals surface area (Å²) < 4.78 is 28.0. The fourth-order valence-corrected chi connectivity index (χ4v) is 5.71. The van der Waals surface area contributed by atoms with Gasteiger partial charge in [0.1, 0.15) is 0 Å². The molecule has 2 aromatic carbocycles. The molecule has 0 bridgehead atoms. The maximum absolute atomic E-state index is 13.4. The normalized spacial score (nSPS) is 16.8. The SMILES string of the molecule is CN1c2ccccc2C(N(CCNC(=O)CBr)CCC(=O)O)c2ccc(Cl)cc2S1(=O)=O. The van der Waals surface area contributed by atoms with E-state index >= 15 is 0 Å². The topological polar surface area (TPSA) is 107 Å². The third kappa shape index (κ3) is 5.09. The monoisotopic (exact) mass is 543 g/mol. The second kappa shape index (κ2) is 10.2. The molecule has 1 amide bonds. The molecule has 0 aromatic heterocycles. The molecule has 2 aromatic rings. The van der Waals surface area contributed by atoms with Crippen LogP contribution in [0.2, 0.25) is 5.02 Å². The lowest BCUT2D eigenvalue weighted by Crippen LogP contribution is -2.39. The standard InChI is InChI=1S/C21H23BrClN3O5S/c1-25-17-5-3-2-4-15(17)21(16-7-6-14(23)12-18(16)32(25,30)31)26(10-8-20(28)29)11-9-24-19(27)13-22/h2-7,12,21H,8-11,13H2,1H3,(H,24,27)(H,28,29). The fraction of sp³-hybridized carbons (Fsp3) is 0.333. The van der Waals surface area contributed by atoms with Crippen molar-refractivity contribution >= 4 is 55.1 Å². The van der Waals surface area contributed by atoms with Gasteiger partial charge in [0.2, 0.25) is 5.91 Å². The largest absolute Gasteiger partial charge is 0.481 e. The van der Waals surface area contributed by atoms with E-state index in [1.54, 1.807) is 24.3 Å². The van der Waals surface area contributed by atoms with Gasteiger partial charge in [0.15, 0.2) is 0 Å². The fourth-order valence-electron chi connectivity index (χ4n) is 3.80. The first-order valence-electron chi connectivity index (χ1n) is 9.82. The molecule has 8 nitrogen and oxygen atoms in total. The molecular weight excluding hydrogens is 522 g/mol. The Balaban J connectivity index is 2.17. The summed E-state index contributed by atoms with van der Waals surface area (Å²) in [7, 11) is -2.41. The number of rotatable bonds is 8. The number of nitrogens with zero attached hydrogens (tertiary/aromatic N) is 2. The summed E-state index contributed by atoms with van der Waals surface area (Å²) in [5.74, 6) is -1.17. The van der Waals surface area contributed by atoms with Gasteiger partial charge in [-0.25, -0.2) is 8.42 Å². The van der Waals surface area contributed by atoms with Crippen molar-refractivity contribution in [2.75, 3.05) is 36.3 Å². The highest BCUT2D eigenvalue weighted by atomic mass is 79.9. The molecule has 1 atom stereocenters. The minimum Gasteiger partial charge on any atom is -0.481 e. The molecule has 0 radical (unpaired) electrons. The number of benzene rings is 2. The molecule has 0 saturated carbocycles. The molecule has 32 heavy (non-hydrogen) atoms. The number of halogens is 2. The van der Waals surface area contributed by atoms with Gasteiger partial charge < -0.3 is 10.4 Å². The first-order chi connectivity index (χ1) is 15.2. The van der Waals surface area contributed by atoms with E-state index in [0.717, 1.165) is 5.56 Å². The van der Waals surface area contributed by atoms with Crippen LogP contribution in [0.15, 0.2) is 47.4 Å². The zero-order valence-electron chi connectivity index (χ0n) is 17.3. The Kier molecular flexibility index (Phi) is 7.81. The zero-order valence-corrected chi connectivity index (χ0v) is 20.5. The van der Waals surface area contributed by atoms with Crippen LogP contribution in [0.1, 0.15) is 23.6 Å². The highest BCUT2D eigenvalue weighted by Crippen LogP contribution is 2.43. The number of anilines is 1. The van der Waals surface area contributed by atoms with Gasteiger partial charge in [-0.15, -0.1) is 0 Å². The molecule has 2 N–H and O–H groups in total. The summed E-state index contributed by atoms with van der Waals surface area (Å²) in [5.41, 5.74) is 1.72. The van der Waals surface area contributed by atoms with Crippen molar-refractivity contribution < 1.29 is 23.1 Å². The molecule has 172 valence electrons. The first kappa shape index (κ1) is 24.5. The number of hydrogen-bond donors (Lipinski definition) is 2. The van der Waals surface area contributed by atoms with Crippen LogP contribution < -0.4 is 9.62 Å². The number of carbonyl (C=O) groups excluding carboxylic acids is 1. The van der Waals surface area contributed by atoms with Crippen LogP contribution in [0, 0.1) is 0 Å². The molecule has 1 aliphatic rings. The van der Waals surface area contributed by atoms with Gasteiger partial charge in [-0.2, -0.15) is 0 Å². The van der Waals surface area contributed by atoms with E-state index in [1.165, 1.54) is 17.4 Å². The van der Waals surface area contributed by atoms with Gasteiger partial charge in [0.25, 0.3) is 10.0 Å². The van der Waals surface area contributed by atoms with Gasteiger partial charge >= 0.3 is 5.97 Å². The zero-order chi connectivity index (χ0) is 23.5. The Morgan fingerprint density at radius 1 is 1.19 bits per heavy atom. The lowest BCUT2D eigenvalue weighted by atomic mass is 9.95. The van der Waals surface area contributed by atoms with Gasteiger partial charge in [-0.05, 0) is 29.3 Å². The summed E-state index contributed by atoms with van der Waals surface area (Å²) in [6, 6.07) is 11.3. The summed E-state index contributed by atoms with van der Waals surface area (Å²) in [6.07, 6.45) is -0.142. The summed E-state index contributed by atoms with van der Waals surface area (Å²) in [4.78, 5) is 25.0. The average molecular weight is 545 g/mol. The number of sulfonamides is 1. The Morgan fingerprint density at radius 2 is 1.91 bits per heavy atom. The van der Waals surface area contributed by atoms with E-state index in [-0.39, 0.29) is 40.7 Å². The van der Waals surface area contributed by atoms with E-state index in [4.69, 9.17) is 11.6 Å². The van der Waals surface area contributed by atoms with Crippen LogP contribution in [-0.2, 0) is 19.6 Å².